The van der Waals surface area contributed by atoms with E-state index in [0.717, 1.165) is 6.42 Å². The van der Waals surface area contributed by atoms with Gasteiger partial charge in [-0.05, 0) is 13.3 Å². The van der Waals surface area contributed by atoms with Gasteiger partial charge >= 0.3 is 0 Å². The van der Waals surface area contributed by atoms with Crippen molar-refractivity contribution in [3.05, 3.63) is 17.5 Å². The topological polar surface area (TPSA) is 81.2 Å². The highest BCUT2D eigenvalue weighted by molar-refractivity contribution is 5.92. The minimum Gasteiger partial charge on any atom is -0.361 e. The molecular weight excluding hydrogens is 170 g/mol. The summed E-state index contributed by atoms with van der Waals surface area (Å²) in [6.45, 7) is 1.74. The van der Waals surface area contributed by atoms with Gasteiger partial charge in [0.25, 0.3) is 5.91 Å². The molecule has 0 radical (unpaired) electrons. The number of carbonyl (C=O) groups excluding carboxylic acids is 1. The molecule has 0 aromatic carbocycles. The fourth-order valence-electron chi connectivity index (χ4n) is 1.10. The Morgan fingerprint density at radius 3 is 3.00 bits per heavy atom. The molecule has 1 heterocycles. The van der Waals surface area contributed by atoms with E-state index < -0.39 is 0 Å². The summed E-state index contributed by atoms with van der Waals surface area (Å²) in [7, 11) is 0. The Balaban J connectivity index is 1.97. The van der Waals surface area contributed by atoms with Crippen LogP contribution in [0.5, 0.6) is 0 Å². The van der Waals surface area contributed by atoms with Crippen LogP contribution in [0.15, 0.2) is 10.6 Å². The van der Waals surface area contributed by atoms with E-state index in [9.17, 15) is 4.79 Å². The molecule has 2 unspecified atom stereocenters. The maximum absolute atomic E-state index is 11.4. The Hall–Kier alpha value is -1.36. The van der Waals surface area contributed by atoms with Crippen molar-refractivity contribution >= 4 is 5.91 Å². The van der Waals surface area contributed by atoms with Crippen molar-refractivity contribution in [1.29, 1.82) is 0 Å². The van der Waals surface area contributed by atoms with E-state index in [4.69, 9.17) is 10.3 Å². The van der Waals surface area contributed by atoms with Crippen LogP contribution in [0.1, 0.15) is 22.7 Å². The molecule has 0 aliphatic heterocycles. The second-order valence-electron chi connectivity index (χ2n) is 3.30. The normalized spacial score (nSPS) is 25.7. The van der Waals surface area contributed by atoms with Crippen LogP contribution >= 0.6 is 0 Å². The summed E-state index contributed by atoms with van der Waals surface area (Å²) in [4.78, 5) is 11.4. The van der Waals surface area contributed by atoms with Gasteiger partial charge in [0.2, 0.25) is 0 Å². The fourth-order valence-corrected chi connectivity index (χ4v) is 1.10. The van der Waals surface area contributed by atoms with Crippen LogP contribution in [0.4, 0.5) is 0 Å². The van der Waals surface area contributed by atoms with E-state index in [2.05, 4.69) is 10.5 Å². The van der Waals surface area contributed by atoms with Crippen LogP contribution in [0.3, 0.4) is 0 Å². The second-order valence-corrected chi connectivity index (χ2v) is 3.30. The molecular formula is C8H11N3O2. The molecule has 1 aliphatic carbocycles. The average Bonchev–Trinajstić information content (AvgIpc) is 2.62. The number of nitrogens with one attached hydrogen (secondary N) is 1. The number of carbonyl (C=O) groups is 1. The Morgan fingerprint density at radius 2 is 2.54 bits per heavy atom. The van der Waals surface area contributed by atoms with E-state index in [0.29, 0.717) is 11.5 Å². The van der Waals surface area contributed by atoms with Crippen molar-refractivity contribution in [3.8, 4) is 0 Å². The van der Waals surface area contributed by atoms with Crippen LogP contribution in [-0.4, -0.2) is 23.1 Å². The second kappa shape index (κ2) is 2.85. The molecule has 2 rings (SSSR count). The molecule has 2 atom stereocenters. The lowest BCUT2D eigenvalue weighted by atomic mass is 10.3. The van der Waals surface area contributed by atoms with Crippen LogP contribution in [0.2, 0.25) is 0 Å². The Kier molecular flexibility index (Phi) is 1.81. The molecule has 0 saturated heterocycles. The third kappa shape index (κ3) is 1.70. The summed E-state index contributed by atoms with van der Waals surface area (Å²) in [5.41, 5.74) is 5.86. The van der Waals surface area contributed by atoms with Crippen LogP contribution in [0, 0.1) is 6.92 Å². The molecule has 5 heteroatoms. The van der Waals surface area contributed by atoms with Crippen LogP contribution in [-0.2, 0) is 0 Å². The summed E-state index contributed by atoms with van der Waals surface area (Å²) in [5, 5.41) is 6.34. The molecule has 1 saturated carbocycles. The van der Waals surface area contributed by atoms with Gasteiger partial charge in [-0.15, -0.1) is 0 Å². The molecule has 13 heavy (non-hydrogen) atoms. The first kappa shape index (κ1) is 8.25. The lowest BCUT2D eigenvalue weighted by molar-refractivity contribution is 0.0941. The van der Waals surface area contributed by atoms with Crippen molar-refractivity contribution in [2.24, 2.45) is 5.73 Å². The van der Waals surface area contributed by atoms with Crippen LogP contribution in [0.25, 0.3) is 0 Å². The zero-order chi connectivity index (χ0) is 9.42. The highest BCUT2D eigenvalue weighted by atomic mass is 16.5. The fraction of sp³-hybridized carbons (Fsp3) is 0.500. The molecule has 1 aliphatic rings. The van der Waals surface area contributed by atoms with Gasteiger partial charge in [0, 0.05) is 18.2 Å². The van der Waals surface area contributed by atoms with E-state index >= 15 is 0 Å². The van der Waals surface area contributed by atoms with Crippen LogP contribution < -0.4 is 11.1 Å². The van der Waals surface area contributed by atoms with Gasteiger partial charge in [-0.25, -0.2) is 0 Å². The highest BCUT2D eigenvalue weighted by Gasteiger charge is 2.35. The number of rotatable bonds is 2. The van der Waals surface area contributed by atoms with Crippen molar-refractivity contribution in [2.75, 3.05) is 0 Å². The molecule has 70 valence electrons. The van der Waals surface area contributed by atoms with Crippen molar-refractivity contribution in [2.45, 2.75) is 25.4 Å². The zero-order valence-corrected chi connectivity index (χ0v) is 7.28. The lowest BCUT2D eigenvalue weighted by Gasteiger charge is -1.97. The monoisotopic (exact) mass is 181 g/mol. The molecule has 0 bridgehead atoms. The molecule has 1 aromatic heterocycles. The number of hydrogen-bond acceptors (Lipinski definition) is 4. The van der Waals surface area contributed by atoms with Gasteiger partial charge in [0.05, 0.1) is 0 Å². The first-order valence-electron chi connectivity index (χ1n) is 4.16. The highest BCUT2D eigenvalue weighted by Crippen LogP contribution is 2.18. The number of aromatic nitrogens is 1. The standard InChI is InChI=1S/C8H11N3O2/c1-4-2-7(11-13-4)8(12)10-6-3-5(6)9/h2,5-6H,3,9H2,1H3,(H,10,12). The Labute approximate surface area is 75.3 Å². The largest absolute Gasteiger partial charge is 0.361 e. The summed E-state index contributed by atoms with van der Waals surface area (Å²) in [6.07, 6.45) is 0.850. The predicted octanol–water partition coefficient (Wildman–Crippen LogP) is -0.188. The van der Waals surface area contributed by atoms with Gasteiger partial charge in [0.15, 0.2) is 5.69 Å². The van der Waals surface area contributed by atoms with E-state index in [1.165, 1.54) is 0 Å². The molecule has 0 spiro atoms. The average molecular weight is 181 g/mol. The van der Waals surface area contributed by atoms with Crippen molar-refractivity contribution in [1.82, 2.24) is 10.5 Å². The number of nitrogens with zero attached hydrogens (tertiary/aromatic N) is 1. The molecule has 1 amide bonds. The van der Waals surface area contributed by atoms with E-state index in [1.54, 1.807) is 13.0 Å². The smallest absolute Gasteiger partial charge is 0.273 e. The maximum atomic E-state index is 11.4. The summed E-state index contributed by atoms with van der Waals surface area (Å²) >= 11 is 0. The predicted molar refractivity (Wildman–Crippen MR) is 45.1 cm³/mol. The first-order chi connectivity index (χ1) is 6.16. The minimum absolute atomic E-state index is 0.108. The first-order valence-corrected chi connectivity index (χ1v) is 4.16. The summed E-state index contributed by atoms with van der Waals surface area (Å²) in [5.74, 6) is 0.417. The quantitative estimate of drug-likeness (QED) is 0.662. The molecule has 1 aromatic rings. The third-order valence-corrected chi connectivity index (χ3v) is 2.02. The molecule has 1 fully saturated rings. The van der Waals surface area contributed by atoms with Gasteiger partial charge in [0.1, 0.15) is 5.76 Å². The third-order valence-electron chi connectivity index (χ3n) is 2.02. The van der Waals surface area contributed by atoms with Gasteiger partial charge in [-0.3, -0.25) is 4.79 Å². The van der Waals surface area contributed by atoms with Gasteiger partial charge in [-0.1, -0.05) is 5.16 Å². The Morgan fingerprint density at radius 1 is 1.85 bits per heavy atom. The molecule has 3 N–H and O–H groups in total. The molecule has 5 nitrogen and oxygen atoms in total. The Bertz CT molecular complexity index is 334. The number of amides is 1. The maximum Gasteiger partial charge on any atom is 0.273 e. The summed E-state index contributed by atoms with van der Waals surface area (Å²) < 4.78 is 4.77. The lowest BCUT2D eigenvalue weighted by Crippen LogP contribution is -2.29. The van der Waals surface area contributed by atoms with E-state index in [1.807, 2.05) is 0 Å². The zero-order valence-electron chi connectivity index (χ0n) is 7.28. The van der Waals surface area contributed by atoms with Gasteiger partial charge < -0.3 is 15.6 Å². The summed E-state index contributed by atoms with van der Waals surface area (Å²) in [6, 6.07) is 1.82. The number of aryl methyl sites for hydroxylation is 1. The van der Waals surface area contributed by atoms with Crippen molar-refractivity contribution < 1.29 is 9.32 Å². The van der Waals surface area contributed by atoms with Gasteiger partial charge in [-0.2, -0.15) is 0 Å². The van der Waals surface area contributed by atoms with Crippen molar-refractivity contribution in [3.63, 3.8) is 0 Å². The minimum atomic E-state index is -0.213. The number of hydrogen-bond donors (Lipinski definition) is 2. The SMILES string of the molecule is Cc1cc(C(=O)NC2CC2N)no1. The number of nitrogens with two attached hydrogens (primary N) is 1. The van der Waals surface area contributed by atoms with E-state index in [-0.39, 0.29) is 18.0 Å².